The Hall–Kier alpha value is -1.81. The first-order valence-electron chi connectivity index (χ1n) is 7.91. The molecule has 1 aromatic heterocycles. The number of ether oxygens (including phenoxy) is 1. The molecule has 2 amide bonds. The van der Waals surface area contributed by atoms with Crippen LogP contribution in [0.25, 0.3) is 0 Å². The van der Waals surface area contributed by atoms with E-state index < -0.39 is 0 Å². The Morgan fingerprint density at radius 1 is 1.25 bits per heavy atom. The SMILES string of the molecule is CC(=O)NNC(=O)CSc1nnc(N2CCOCC2)n1CC(C)C. The largest absolute Gasteiger partial charge is 0.378 e. The maximum Gasteiger partial charge on any atom is 0.248 e. The third-order valence-electron chi connectivity index (χ3n) is 3.25. The summed E-state index contributed by atoms with van der Waals surface area (Å²) in [5.74, 6) is 0.790. The minimum atomic E-state index is -0.314. The van der Waals surface area contributed by atoms with E-state index in [9.17, 15) is 9.59 Å². The van der Waals surface area contributed by atoms with E-state index >= 15 is 0 Å². The highest BCUT2D eigenvalue weighted by atomic mass is 32.2. The Bertz CT molecular complexity index is 571. The summed E-state index contributed by atoms with van der Waals surface area (Å²) in [6, 6.07) is 0. The molecule has 0 atom stereocenters. The Morgan fingerprint density at radius 3 is 2.58 bits per heavy atom. The van der Waals surface area contributed by atoms with E-state index in [2.05, 4.69) is 39.8 Å². The lowest BCUT2D eigenvalue weighted by atomic mass is 10.2. The van der Waals surface area contributed by atoms with Gasteiger partial charge in [0.25, 0.3) is 0 Å². The first-order valence-corrected chi connectivity index (χ1v) is 8.90. The quantitative estimate of drug-likeness (QED) is 0.548. The van der Waals surface area contributed by atoms with Gasteiger partial charge in [0.15, 0.2) is 5.16 Å². The normalized spacial score (nSPS) is 14.8. The van der Waals surface area contributed by atoms with Gasteiger partial charge in [0.2, 0.25) is 17.8 Å². The fourth-order valence-corrected chi connectivity index (χ4v) is 2.98. The highest BCUT2D eigenvalue weighted by molar-refractivity contribution is 7.99. The molecule has 2 N–H and O–H groups in total. The van der Waals surface area contributed by atoms with Crippen LogP contribution < -0.4 is 15.8 Å². The van der Waals surface area contributed by atoms with Gasteiger partial charge in [0, 0.05) is 26.6 Å². The predicted molar refractivity (Wildman–Crippen MR) is 90.6 cm³/mol. The number of morpholine rings is 1. The molecule has 24 heavy (non-hydrogen) atoms. The third-order valence-corrected chi connectivity index (χ3v) is 4.22. The second-order valence-electron chi connectivity index (χ2n) is 5.90. The number of hydrogen-bond donors (Lipinski definition) is 2. The van der Waals surface area contributed by atoms with Gasteiger partial charge in [-0.1, -0.05) is 25.6 Å². The molecule has 134 valence electrons. The zero-order chi connectivity index (χ0) is 17.5. The van der Waals surface area contributed by atoms with Gasteiger partial charge < -0.3 is 9.64 Å². The minimum absolute atomic E-state index is 0.152. The van der Waals surface area contributed by atoms with Gasteiger partial charge in [-0.15, -0.1) is 10.2 Å². The molecule has 2 heterocycles. The molecule has 0 bridgehead atoms. The lowest BCUT2D eigenvalue weighted by Gasteiger charge is -2.28. The molecule has 1 saturated heterocycles. The van der Waals surface area contributed by atoms with E-state index in [1.807, 2.05) is 4.57 Å². The molecule has 10 heteroatoms. The van der Waals surface area contributed by atoms with Crippen molar-refractivity contribution in [1.29, 1.82) is 0 Å². The second kappa shape index (κ2) is 8.88. The van der Waals surface area contributed by atoms with Crippen molar-refractivity contribution in [2.75, 3.05) is 37.0 Å². The molecule has 0 aromatic carbocycles. The van der Waals surface area contributed by atoms with Gasteiger partial charge in [0.1, 0.15) is 0 Å². The van der Waals surface area contributed by atoms with Crippen molar-refractivity contribution in [3.05, 3.63) is 0 Å². The van der Waals surface area contributed by atoms with Crippen molar-refractivity contribution >= 4 is 29.5 Å². The first kappa shape index (κ1) is 18.5. The number of amides is 2. The summed E-state index contributed by atoms with van der Waals surface area (Å²) in [5.41, 5.74) is 4.61. The average molecular weight is 356 g/mol. The summed E-state index contributed by atoms with van der Waals surface area (Å²) in [6.45, 7) is 9.28. The van der Waals surface area contributed by atoms with Gasteiger partial charge in [-0.3, -0.25) is 25.0 Å². The van der Waals surface area contributed by atoms with Gasteiger partial charge in [0.05, 0.1) is 19.0 Å². The van der Waals surface area contributed by atoms with Gasteiger partial charge in [-0.2, -0.15) is 0 Å². The summed E-state index contributed by atoms with van der Waals surface area (Å²) in [4.78, 5) is 24.7. The number of aromatic nitrogens is 3. The van der Waals surface area contributed by atoms with Gasteiger partial charge in [-0.25, -0.2) is 0 Å². The Morgan fingerprint density at radius 2 is 1.96 bits per heavy atom. The van der Waals surface area contributed by atoms with Crippen molar-refractivity contribution in [1.82, 2.24) is 25.6 Å². The predicted octanol–water partition coefficient (Wildman–Crippen LogP) is 0.0301. The third kappa shape index (κ3) is 5.38. The molecule has 1 aliphatic heterocycles. The monoisotopic (exact) mass is 356 g/mol. The average Bonchev–Trinajstić information content (AvgIpc) is 2.93. The second-order valence-corrected chi connectivity index (χ2v) is 6.85. The number of hydrogen-bond acceptors (Lipinski definition) is 7. The Labute approximate surface area is 145 Å². The zero-order valence-corrected chi connectivity index (χ0v) is 15.1. The number of hydrazine groups is 1. The summed E-state index contributed by atoms with van der Waals surface area (Å²) >= 11 is 1.30. The summed E-state index contributed by atoms with van der Waals surface area (Å²) in [7, 11) is 0. The van der Waals surface area contributed by atoms with Crippen molar-refractivity contribution in [2.45, 2.75) is 32.5 Å². The van der Waals surface area contributed by atoms with Crippen molar-refractivity contribution in [3.8, 4) is 0 Å². The number of thioether (sulfide) groups is 1. The molecule has 9 nitrogen and oxygen atoms in total. The Kier molecular flexibility index (Phi) is 6.85. The van der Waals surface area contributed by atoms with E-state index in [0.717, 1.165) is 25.6 Å². The lowest BCUT2D eigenvalue weighted by molar-refractivity contribution is -0.126. The molecule has 0 radical (unpaired) electrons. The number of anilines is 1. The van der Waals surface area contributed by atoms with Crippen molar-refractivity contribution < 1.29 is 14.3 Å². The smallest absolute Gasteiger partial charge is 0.248 e. The molecule has 1 aromatic rings. The van der Waals surface area contributed by atoms with Crippen LogP contribution in [0.4, 0.5) is 5.95 Å². The summed E-state index contributed by atoms with van der Waals surface area (Å²) in [5, 5.41) is 9.24. The van der Waals surface area contributed by atoms with E-state index in [4.69, 9.17) is 4.74 Å². The molecule has 2 rings (SSSR count). The summed E-state index contributed by atoms with van der Waals surface area (Å²) in [6.07, 6.45) is 0. The molecular weight excluding hydrogens is 332 g/mol. The fourth-order valence-electron chi connectivity index (χ4n) is 2.23. The molecule has 0 aliphatic carbocycles. The lowest BCUT2D eigenvalue weighted by Crippen LogP contribution is -2.41. The van der Waals surface area contributed by atoms with Crippen LogP contribution in [0.1, 0.15) is 20.8 Å². The molecule has 0 spiro atoms. The van der Waals surface area contributed by atoms with Gasteiger partial charge >= 0.3 is 0 Å². The Balaban J connectivity index is 2.04. The molecule has 1 fully saturated rings. The first-order chi connectivity index (χ1) is 11.5. The zero-order valence-electron chi connectivity index (χ0n) is 14.2. The molecule has 1 aliphatic rings. The van der Waals surface area contributed by atoms with Crippen LogP contribution >= 0.6 is 11.8 Å². The van der Waals surface area contributed by atoms with Crippen LogP contribution in [0.3, 0.4) is 0 Å². The van der Waals surface area contributed by atoms with Crippen LogP contribution in [0.15, 0.2) is 5.16 Å². The summed E-state index contributed by atoms with van der Waals surface area (Å²) < 4.78 is 7.43. The number of carbonyl (C=O) groups excluding carboxylic acids is 2. The van der Waals surface area contributed by atoms with Gasteiger partial charge in [-0.05, 0) is 5.92 Å². The van der Waals surface area contributed by atoms with Crippen LogP contribution in [0.5, 0.6) is 0 Å². The topological polar surface area (TPSA) is 101 Å². The highest BCUT2D eigenvalue weighted by Gasteiger charge is 2.21. The molecular formula is C14H24N6O3S. The molecule has 0 saturated carbocycles. The standard InChI is InChI=1S/C14H24N6O3S/c1-10(2)8-20-13(19-4-6-23-7-5-19)17-18-14(20)24-9-12(22)16-15-11(3)21/h10H,4-9H2,1-3H3,(H,15,21)(H,16,22). The fraction of sp³-hybridized carbons (Fsp3) is 0.714. The van der Waals surface area contributed by atoms with Crippen LogP contribution in [-0.2, 0) is 20.9 Å². The minimum Gasteiger partial charge on any atom is -0.378 e. The number of nitrogens with zero attached hydrogens (tertiary/aromatic N) is 4. The number of nitrogens with one attached hydrogen (secondary N) is 2. The molecule has 0 unspecified atom stereocenters. The van der Waals surface area contributed by atoms with Crippen LogP contribution in [-0.4, -0.2) is 58.6 Å². The van der Waals surface area contributed by atoms with Crippen molar-refractivity contribution in [3.63, 3.8) is 0 Å². The van der Waals surface area contributed by atoms with E-state index in [-0.39, 0.29) is 17.6 Å². The highest BCUT2D eigenvalue weighted by Crippen LogP contribution is 2.23. The van der Waals surface area contributed by atoms with E-state index in [0.29, 0.717) is 24.3 Å². The maximum absolute atomic E-state index is 11.7. The van der Waals surface area contributed by atoms with E-state index in [1.54, 1.807) is 0 Å². The van der Waals surface area contributed by atoms with Crippen LogP contribution in [0, 0.1) is 5.92 Å². The van der Waals surface area contributed by atoms with Crippen LogP contribution in [0.2, 0.25) is 0 Å². The van der Waals surface area contributed by atoms with Crippen molar-refractivity contribution in [2.24, 2.45) is 5.92 Å². The number of rotatable bonds is 6. The van der Waals surface area contributed by atoms with E-state index in [1.165, 1.54) is 18.7 Å². The number of carbonyl (C=O) groups is 2. The maximum atomic E-state index is 11.7.